The molecule has 1 aromatic rings. The fourth-order valence-corrected chi connectivity index (χ4v) is 2.41. The molecule has 3 nitrogen and oxygen atoms in total. The highest BCUT2D eigenvalue weighted by atomic mass is 19.1. The van der Waals surface area contributed by atoms with Gasteiger partial charge in [0.15, 0.2) is 11.6 Å². The number of aryl methyl sites for hydroxylation is 1. The molecule has 21 heavy (non-hydrogen) atoms. The van der Waals surface area contributed by atoms with Crippen LogP contribution in [0.3, 0.4) is 0 Å². The maximum Gasteiger partial charge on any atom is 0.165 e. The molecule has 4 heteroatoms. The average molecular weight is 297 g/mol. The largest absolute Gasteiger partial charge is 0.491 e. The third-order valence-electron chi connectivity index (χ3n) is 3.45. The van der Waals surface area contributed by atoms with Crippen molar-refractivity contribution in [1.82, 2.24) is 5.32 Å². The van der Waals surface area contributed by atoms with Crippen molar-refractivity contribution in [1.29, 1.82) is 0 Å². The van der Waals surface area contributed by atoms with E-state index in [0.29, 0.717) is 18.4 Å². The van der Waals surface area contributed by atoms with E-state index < -0.39 is 0 Å². The first-order chi connectivity index (χ1) is 9.86. The van der Waals surface area contributed by atoms with Gasteiger partial charge >= 0.3 is 0 Å². The van der Waals surface area contributed by atoms with Crippen molar-refractivity contribution in [3.05, 3.63) is 29.6 Å². The number of nitrogens with one attached hydrogen (secondary N) is 1. The fraction of sp³-hybridized carbons (Fsp3) is 0.647. The van der Waals surface area contributed by atoms with Gasteiger partial charge in [0.25, 0.3) is 0 Å². The Labute approximate surface area is 127 Å². The zero-order chi connectivity index (χ0) is 15.9. The second-order valence-corrected chi connectivity index (χ2v) is 6.26. The number of unbranched alkanes of at least 4 members (excludes halogenated alkanes) is 1. The molecule has 0 fully saturated rings. The van der Waals surface area contributed by atoms with Crippen LogP contribution in [0.4, 0.5) is 4.39 Å². The van der Waals surface area contributed by atoms with Gasteiger partial charge in [-0.1, -0.05) is 19.9 Å². The minimum atomic E-state index is -0.317. The van der Waals surface area contributed by atoms with Gasteiger partial charge in [0.05, 0.1) is 13.2 Å². The van der Waals surface area contributed by atoms with Crippen LogP contribution >= 0.6 is 0 Å². The number of hydrogen-bond donors (Lipinski definition) is 2. The summed E-state index contributed by atoms with van der Waals surface area (Å²) >= 11 is 0. The standard InChI is InChI=1S/C17H28FNO2/c1-13(2)19-17(4,12-20)9-5-6-10-21-16-11-14(3)7-8-15(16)18/h7-8,11,13,19-20H,5-6,9-10,12H2,1-4H3. The van der Waals surface area contributed by atoms with Gasteiger partial charge in [-0.2, -0.15) is 0 Å². The van der Waals surface area contributed by atoms with Crippen LogP contribution in [0.1, 0.15) is 45.6 Å². The van der Waals surface area contributed by atoms with Crippen molar-refractivity contribution in [3.8, 4) is 5.75 Å². The molecular formula is C17H28FNO2. The van der Waals surface area contributed by atoms with E-state index in [-0.39, 0.29) is 18.0 Å². The smallest absolute Gasteiger partial charge is 0.165 e. The van der Waals surface area contributed by atoms with E-state index in [1.54, 1.807) is 12.1 Å². The lowest BCUT2D eigenvalue weighted by atomic mass is 9.95. The Bertz CT molecular complexity index is 437. The summed E-state index contributed by atoms with van der Waals surface area (Å²) in [4.78, 5) is 0. The summed E-state index contributed by atoms with van der Waals surface area (Å²) in [6.07, 6.45) is 2.62. The summed E-state index contributed by atoms with van der Waals surface area (Å²) in [5, 5.41) is 12.9. The molecule has 120 valence electrons. The van der Waals surface area contributed by atoms with Crippen LogP contribution in [-0.2, 0) is 0 Å². The van der Waals surface area contributed by atoms with E-state index in [1.807, 2.05) is 13.8 Å². The molecule has 1 rings (SSSR count). The summed E-state index contributed by atoms with van der Waals surface area (Å²) in [7, 11) is 0. The minimum absolute atomic E-state index is 0.110. The Kier molecular flexibility index (Phi) is 7.12. The Morgan fingerprint density at radius 2 is 2.05 bits per heavy atom. The number of hydrogen-bond acceptors (Lipinski definition) is 3. The number of aliphatic hydroxyl groups excluding tert-OH is 1. The third kappa shape index (κ3) is 6.44. The van der Waals surface area contributed by atoms with Crippen molar-refractivity contribution in [3.63, 3.8) is 0 Å². The molecule has 2 N–H and O–H groups in total. The van der Waals surface area contributed by atoms with Gasteiger partial charge in [0.1, 0.15) is 0 Å². The third-order valence-corrected chi connectivity index (χ3v) is 3.45. The van der Waals surface area contributed by atoms with Gasteiger partial charge in [0.2, 0.25) is 0 Å². The van der Waals surface area contributed by atoms with E-state index in [0.717, 1.165) is 24.8 Å². The van der Waals surface area contributed by atoms with Crippen LogP contribution in [0.15, 0.2) is 18.2 Å². The molecule has 1 aromatic carbocycles. The van der Waals surface area contributed by atoms with Crippen molar-refractivity contribution >= 4 is 0 Å². The molecule has 0 saturated heterocycles. The summed E-state index contributed by atoms with van der Waals surface area (Å²) in [6, 6.07) is 5.21. The second-order valence-electron chi connectivity index (χ2n) is 6.26. The van der Waals surface area contributed by atoms with E-state index in [9.17, 15) is 9.50 Å². The molecule has 0 radical (unpaired) electrons. The topological polar surface area (TPSA) is 41.5 Å². The summed E-state index contributed by atoms with van der Waals surface area (Å²) in [5.74, 6) is 0.00231. The molecule has 0 aromatic heterocycles. The number of benzene rings is 1. The summed E-state index contributed by atoms with van der Waals surface area (Å²) in [6.45, 7) is 8.67. The Hall–Kier alpha value is -1.13. The lowest BCUT2D eigenvalue weighted by molar-refractivity contribution is 0.151. The van der Waals surface area contributed by atoms with Gasteiger partial charge in [-0.15, -0.1) is 0 Å². The number of ether oxygens (including phenoxy) is 1. The van der Waals surface area contributed by atoms with Crippen LogP contribution in [0, 0.1) is 12.7 Å². The van der Waals surface area contributed by atoms with Crippen LogP contribution in [0.2, 0.25) is 0 Å². The van der Waals surface area contributed by atoms with Crippen molar-refractivity contribution < 1.29 is 14.2 Å². The maximum atomic E-state index is 13.5. The highest BCUT2D eigenvalue weighted by molar-refractivity contribution is 5.29. The molecule has 0 saturated carbocycles. The fourth-order valence-electron chi connectivity index (χ4n) is 2.41. The molecule has 0 bridgehead atoms. The van der Waals surface area contributed by atoms with E-state index >= 15 is 0 Å². The SMILES string of the molecule is Cc1ccc(F)c(OCCCCC(C)(CO)NC(C)C)c1. The lowest BCUT2D eigenvalue weighted by Crippen LogP contribution is -2.49. The maximum absolute atomic E-state index is 13.5. The van der Waals surface area contributed by atoms with Gasteiger partial charge in [0, 0.05) is 11.6 Å². The molecule has 0 aliphatic rings. The lowest BCUT2D eigenvalue weighted by Gasteiger charge is -2.31. The molecule has 0 aliphatic heterocycles. The van der Waals surface area contributed by atoms with E-state index in [4.69, 9.17) is 4.74 Å². The Balaban J connectivity index is 2.32. The highest BCUT2D eigenvalue weighted by Crippen LogP contribution is 2.19. The van der Waals surface area contributed by atoms with Crippen LogP contribution in [-0.4, -0.2) is 29.9 Å². The average Bonchev–Trinajstić information content (AvgIpc) is 2.41. The number of halogens is 1. The van der Waals surface area contributed by atoms with E-state index in [1.165, 1.54) is 6.07 Å². The summed E-state index contributed by atoms with van der Waals surface area (Å²) < 4.78 is 19.0. The number of aliphatic hydroxyl groups is 1. The molecule has 1 atom stereocenters. The van der Waals surface area contributed by atoms with Gasteiger partial charge in [-0.05, 0) is 50.8 Å². The first-order valence-electron chi connectivity index (χ1n) is 7.64. The van der Waals surface area contributed by atoms with Crippen LogP contribution in [0.5, 0.6) is 5.75 Å². The quantitative estimate of drug-likeness (QED) is 0.686. The zero-order valence-electron chi connectivity index (χ0n) is 13.6. The second kappa shape index (κ2) is 8.35. The molecule has 0 aliphatic carbocycles. The van der Waals surface area contributed by atoms with E-state index in [2.05, 4.69) is 19.2 Å². The van der Waals surface area contributed by atoms with Gasteiger partial charge in [-0.3, -0.25) is 0 Å². The Morgan fingerprint density at radius 1 is 1.33 bits per heavy atom. The molecule has 1 unspecified atom stereocenters. The zero-order valence-corrected chi connectivity index (χ0v) is 13.6. The first-order valence-corrected chi connectivity index (χ1v) is 7.64. The van der Waals surface area contributed by atoms with Gasteiger partial charge in [-0.25, -0.2) is 4.39 Å². The normalized spacial score (nSPS) is 14.2. The molecular weight excluding hydrogens is 269 g/mol. The van der Waals surface area contributed by atoms with Crippen molar-refractivity contribution in [2.45, 2.75) is 58.5 Å². The van der Waals surface area contributed by atoms with Gasteiger partial charge < -0.3 is 15.2 Å². The van der Waals surface area contributed by atoms with Crippen molar-refractivity contribution in [2.24, 2.45) is 0 Å². The molecule has 0 heterocycles. The first kappa shape index (κ1) is 17.9. The highest BCUT2D eigenvalue weighted by Gasteiger charge is 2.22. The number of rotatable bonds is 9. The van der Waals surface area contributed by atoms with Crippen LogP contribution in [0.25, 0.3) is 0 Å². The predicted octanol–water partition coefficient (Wildman–Crippen LogP) is 3.43. The molecule has 0 spiro atoms. The molecule has 0 amide bonds. The van der Waals surface area contributed by atoms with Crippen LogP contribution < -0.4 is 10.1 Å². The monoisotopic (exact) mass is 297 g/mol. The Morgan fingerprint density at radius 3 is 2.67 bits per heavy atom. The summed E-state index contributed by atoms with van der Waals surface area (Å²) in [5.41, 5.74) is 0.725. The minimum Gasteiger partial charge on any atom is -0.491 e. The predicted molar refractivity (Wildman–Crippen MR) is 84.2 cm³/mol. The van der Waals surface area contributed by atoms with Crippen molar-refractivity contribution in [2.75, 3.05) is 13.2 Å².